The number of benzene rings is 1. The normalized spacial score (nSPS) is 13.3. The van der Waals surface area contributed by atoms with Gasteiger partial charge in [-0.25, -0.2) is 4.39 Å². The first-order valence-electron chi connectivity index (χ1n) is 5.00. The average Bonchev–Trinajstić information content (AvgIpc) is 2.20. The second kappa shape index (κ2) is 5.89. The van der Waals surface area contributed by atoms with E-state index in [1.54, 1.807) is 12.1 Å². The van der Waals surface area contributed by atoms with Crippen molar-refractivity contribution in [3.05, 3.63) is 40.7 Å². The standard InChI is InChI=1S/C12H15ClFN/c1-3-15-9(2)4-5-10-6-7-11(13)12(14)8-10/h4-9,15H,3H2,1-2H3/b5-4+. The van der Waals surface area contributed by atoms with Crippen LogP contribution in [0.15, 0.2) is 24.3 Å². The predicted molar refractivity (Wildman–Crippen MR) is 63.6 cm³/mol. The molecule has 0 bridgehead atoms. The fraction of sp³-hybridized carbons (Fsp3) is 0.333. The quantitative estimate of drug-likeness (QED) is 0.831. The summed E-state index contributed by atoms with van der Waals surface area (Å²) in [6.45, 7) is 5.01. The largest absolute Gasteiger partial charge is 0.311 e. The van der Waals surface area contributed by atoms with Crippen LogP contribution in [0, 0.1) is 5.82 Å². The maximum atomic E-state index is 13.1. The van der Waals surface area contributed by atoms with Crippen molar-refractivity contribution >= 4 is 17.7 Å². The van der Waals surface area contributed by atoms with Gasteiger partial charge in [0.15, 0.2) is 0 Å². The van der Waals surface area contributed by atoms with Gasteiger partial charge in [-0.05, 0) is 31.2 Å². The van der Waals surface area contributed by atoms with Crippen LogP contribution in [-0.4, -0.2) is 12.6 Å². The summed E-state index contributed by atoms with van der Waals surface area (Å²) >= 11 is 5.58. The molecule has 1 atom stereocenters. The van der Waals surface area contributed by atoms with Crippen LogP contribution in [0.5, 0.6) is 0 Å². The third kappa shape index (κ3) is 4.02. The minimum absolute atomic E-state index is 0.159. The molecule has 0 heterocycles. The fourth-order valence-electron chi connectivity index (χ4n) is 1.26. The zero-order valence-corrected chi connectivity index (χ0v) is 9.68. The monoisotopic (exact) mass is 227 g/mol. The molecule has 0 fully saturated rings. The molecule has 0 aliphatic carbocycles. The van der Waals surface area contributed by atoms with Crippen LogP contribution in [0.25, 0.3) is 6.08 Å². The lowest BCUT2D eigenvalue weighted by atomic mass is 10.2. The highest BCUT2D eigenvalue weighted by Crippen LogP contribution is 2.16. The van der Waals surface area contributed by atoms with Gasteiger partial charge in [0.2, 0.25) is 0 Å². The van der Waals surface area contributed by atoms with E-state index in [0.717, 1.165) is 12.1 Å². The number of hydrogen-bond acceptors (Lipinski definition) is 1. The van der Waals surface area contributed by atoms with E-state index < -0.39 is 0 Å². The van der Waals surface area contributed by atoms with Crippen molar-refractivity contribution in [2.75, 3.05) is 6.54 Å². The summed E-state index contributed by atoms with van der Waals surface area (Å²) in [5.41, 5.74) is 0.821. The molecule has 1 N–H and O–H groups in total. The molecule has 3 heteroatoms. The Balaban J connectivity index is 2.68. The minimum atomic E-state index is -0.380. The van der Waals surface area contributed by atoms with Crippen LogP contribution in [0.3, 0.4) is 0 Å². The van der Waals surface area contributed by atoms with E-state index in [9.17, 15) is 4.39 Å². The first kappa shape index (κ1) is 12.2. The lowest BCUT2D eigenvalue weighted by Gasteiger charge is -2.05. The summed E-state index contributed by atoms with van der Waals surface area (Å²) < 4.78 is 13.1. The molecule has 1 unspecified atom stereocenters. The Morgan fingerprint density at radius 2 is 2.27 bits per heavy atom. The molecule has 0 saturated heterocycles. The van der Waals surface area contributed by atoms with Crippen LogP contribution in [0.4, 0.5) is 4.39 Å². The summed E-state index contributed by atoms with van der Waals surface area (Å²) in [4.78, 5) is 0. The smallest absolute Gasteiger partial charge is 0.142 e. The summed E-state index contributed by atoms with van der Waals surface area (Å²) in [5, 5.41) is 3.39. The molecule has 0 amide bonds. The Morgan fingerprint density at radius 1 is 1.53 bits per heavy atom. The molecule has 1 aromatic rings. The molecule has 82 valence electrons. The SMILES string of the molecule is CCNC(C)/C=C/c1ccc(Cl)c(F)c1. The van der Waals surface area contributed by atoms with Crippen molar-refractivity contribution in [3.8, 4) is 0 Å². The van der Waals surface area contributed by atoms with E-state index in [2.05, 4.69) is 5.32 Å². The highest BCUT2D eigenvalue weighted by Gasteiger charge is 1.98. The molecular formula is C12H15ClFN. The van der Waals surface area contributed by atoms with Crippen LogP contribution < -0.4 is 5.32 Å². The zero-order valence-electron chi connectivity index (χ0n) is 8.93. The second-order valence-electron chi connectivity index (χ2n) is 3.38. The lowest BCUT2D eigenvalue weighted by Crippen LogP contribution is -2.22. The van der Waals surface area contributed by atoms with Crippen LogP contribution >= 0.6 is 11.6 Å². The first-order valence-corrected chi connectivity index (χ1v) is 5.38. The van der Waals surface area contributed by atoms with Gasteiger partial charge in [-0.2, -0.15) is 0 Å². The second-order valence-corrected chi connectivity index (χ2v) is 3.79. The van der Waals surface area contributed by atoms with E-state index in [-0.39, 0.29) is 16.9 Å². The Kier molecular flexibility index (Phi) is 4.79. The molecule has 0 radical (unpaired) electrons. The number of halogens is 2. The molecule has 1 nitrogen and oxygen atoms in total. The number of likely N-dealkylation sites (N-methyl/N-ethyl adjacent to an activating group) is 1. The van der Waals surface area contributed by atoms with Crippen LogP contribution in [-0.2, 0) is 0 Å². The Labute approximate surface area is 95.0 Å². The summed E-state index contributed by atoms with van der Waals surface area (Å²) in [5.74, 6) is -0.380. The van der Waals surface area contributed by atoms with Crippen molar-refractivity contribution in [2.45, 2.75) is 19.9 Å². The maximum Gasteiger partial charge on any atom is 0.142 e. The molecule has 1 rings (SSSR count). The minimum Gasteiger partial charge on any atom is -0.311 e. The van der Waals surface area contributed by atoms with Gasteiger partial charge in [-0.1, -0.05) is 36.7 Å². The van der Waals surface area contributed by atoms with Crippen LogP contribution in [0.2, 0.25) is 5.02 Å². The predicted octanol–water partition coefficient (Wildman–Crippen LogP) is 3.49. The van der Waals surface area contributed by atoms with E-state index >= 15 is 0 Å². The van der Waals surface area contributed by atoms with Crippen molar-refractivity contribution < 1.29 is 4.39 Å². The molecule has 0 saturated carbocycles. The molecule has 0 spiro atoms. The third-order valence-electron chi connectivity index (χ3n) is 2.05. The van der Waals surface area contributed by atoms with Crippen molar-refractivity contribution in [2.24, 2.45) is 0 Å². The van der Waals surface area contributed by atoms with E-state index in [0.29, 0.717) is 0 Å². The average molecular weight is 228 g/mol. The molecule has 15 heavy (non-hydrogen) atoms. The van der Waals surface area contributed by atoms with Crippen LogP contribution in [0.1, 0.15) is 19.4 Å². The van der Waals surface area contributed by atoms with E-state index in [1.807, 2.05) is 26.0 Å². The van der Waals surface area contributed by atoms with Crippen molar-refractivity contribution in [1.29, 1.82) is 0 Å². The van der Waals surface area contributed by atoms with Crippen molar-refractivity contribution in [3.63, 3.8) is 0 Å². The number of nitrogens with one attached hydrogen (secondary N) is 1. The van der Waals surface area contributed by atoms with Gasteiger partial charge in [0.25, 0.3) is 0 Å². The molecular weight excluding hydrogens is 213 g/mol. The van der Waals surface area contributed by atoms with Gasteiger partial charge >= 0.3 is 0 Å². The molecule has 0 aliphatic heterocycles. The fourth-order valence-corrected chi connectivity index (χ4v) is 1.38. The topological polar surface area (TPSA) is 12.0 Å². The van der Waals surface area contributed by atoms with Gasteiger partial charge in [0.05, 0.1) is 5.02 Å². The Hall–Kier alpha value is -0.860. The molecule has 1 aromatic carbocycles. The number of hydrogen-bond donors (Lipinski definition) is 1. The zero-order chi connectivity index (χ0) is 11.3. The van der Waals surface area contributed by atoms with Gasteiger partial charge in [-0.3, -0.25) is 0 Å². The highest BCUT2D eigenvalue weighted by molar-refractivity contribution is 6.30. The van der Waals surface area contributed by atoms with Crippen molar-refractivity contribution in [1.82, 2.24) is 5.32 Å². The lowest BCUT2D eigenvalue weighted by molar-refractivity contribution is 0.628. The van der Waals surface area contributed by atoms with Gasteiger partial charge in [-0.15, -0.1) is 0 Å². The maximum absolute atomic E-state index is 13.1. The molecule has 0 aliphatic rings. The van der Waals surface area contributed by atoms with E-state index in [4.69, 9.17) is 11.6 Å². The third-order valence-corrected chi connectivity index (χ3v) is 2.35. The first-order chi connectivity index (χ1) is 7.13. The Morgan fingerprint density at radius 3 is 2.87 bits per heavy atom. The number of rotatable bonds is 4. The summed E-state index contributed by atoms with van der Waals surface area (Å²) in [7, 11) is 0. The summed E-state index contributed by atoms with van der Waals surface area (Å²) in [6, 6.07) is 5.07. The van der Waals surface area contributed by atoms with E-state index in [1.165, 1.54) is 6.07 Å². The highest BCUT2D eigenvalue weighted by atomic mass is 35.5. The summed E-state index contributed by atoms with van der Waals surface area (Å²) in [6.07, 6.45) is 3.87. The van der Waals surface area contributed by atoms with Gasteiger partial charge < -0.3 is 5.32 Å². The van der Waals surface area contributed by atoms with Gasteiger partial charge in [0.1, 0.15) is 5.82 Å². The Bertz CT molecular complexity index is 349. The molecule has 0 aromatic heterocycles. The van der Waals surface area contributed by atoms with Gasteiger partial charge in [0, 0.05) is 6.04 Å².